The van der Waals surface area contributed by atoms with E-state index in [0.717, 1.165) is 0 Å². The number of esters is 2. The Morgan fingerprint density at radius 1 is 1.62 bits per heavy atom. The summed E-state index contributed by atoms with van der Waals surface area (Å²) in [6.45, 7) is 3.45. The number of hydrogen-bond donors (Lipinski definition) is 0. The third kappa shape index (κ3) is 1.70. The van der Waals surface area contributed by atoms with Crippen molar-refractivity contribution in [2.24, 2.45) is 0 Å². The molecule has 0 aliphatic carbocycles. The number of rotatable bonds is 4. The van der Waals surface area contributed by atoms with Crippen molar-refractivity contribution in [2.75, 3.05) is 20.3 Å². The molecule has 1 atom stereocenters. The summed E-state index contributed by atoms with van der Waals surface area (Å²) in [5.41, 5.74) is -1.50. The first-order valence-corrected chi connectivity index (χ1v) is 3.68. The monoisotopic (exact) mass is 186 g/mol. The van der Waals surface area contributed by atoms with E-state index in [0.29, 0.717) is 0 Å². The summed E-state index contributed by atoms with van der Waals surface area (Å²) in [7, 11) is 1.19. The highest BCUT2D eigenvalue weighted by Gasteiger charge is 2.62. The van der Waals surface area contributed by atoms with E-state index in [1.165, 1.54) is 13.2 Å². The molecule has 1 unspecified atom stereocenters. The summed E-state index contributed by atoms with van der Waals surface area (Å²) in [5.74, 6) is -1.44. The van der Waals surface area contributed by atoms with Crippen LogP contribution in [0.5, 0.6) is 0 Å². The van der Waals surface area contributed by atoms with Crippen LogP contribution in [0.2, 0.25) is 0 Å². The molecular weight excluding hydrogens is 176 g/mol. The zero-order chi connectivity index (χ0) is 9.90. The Morgan fingerprint density at radius 2 is 2.23 bits per heavy atom. The van der Waals surface area contributed by atoms with Gasteiger partial charge in [0.1, 0.15) is 13.2 Å². The molecule has 1 aliphatic rings. The van der Waals surface area contributed by atoms with Gasteiger partial charge in [-0.2, -0.15) is 0 Å². The smallest absolute Gasteiger partial charge is 0.353 e. The van der Waals surface area contributed by atoms with Gasteiger partial charge in [-0.1, -0.05) is 12.7 Å². The molecule has 0 radical (unpaired) electrons. The van der Waals surface area contributed by atoms with Gasteiger partial charge in [-0.15, -0.1) is 0 Å². The summed E-state index contributed by atoms with van der Waals surface area (Å²) >= 11 is 0. The molecule has 13 heavy (non-hydrogen) atoms. The van der Waals surface area contributed by atoms with Crippen LogP contribution in [0, 0.1) is 0 Å². The van der Waals surface area contributed by atoms with Gasteiger partial charge >= 0.3 is 11.9 Å². The molecule has 5 heteroatoms. The summed E-state index contributed by atoms with van der Waals surface area (Å²) < 4.78 is 13.8. The van der Waals surface area contributed by atoms with Crippen molar-refractivity contribution < 1.29 is 23.8 Å². The Morgan fingerprint density at radius 3 is 2.62 bits per heavy atom. The van der Waals surface area contributed by atoms with Crippen LogP contribution < -0.4 is 0 Å². The molecule has 0 aromatic rings. The van der Waals surface area contributed by atoms with E-state index in [1.807, 2.05) is 0 Å². The molecule has 0 amide bonds. The number of ether oxygens (including phenoxy) is 3. The molecule has 1 heterocycles. The first-order chi connectivity index (χ1) is 6.17. The zero-order valence-corrected chi connectivity index (χ0v) is 7.24. The largest absolute Gasteiger partial charge is 0.466 e. The average Bonchev–Trinajstić information content (AvgIpc) is 2.93. The van der Waals surface area contributed by atoms with Crippen LogP contribution in [0.3, 0.4) is 0 Å². The fourth-order valence-corrected chi connectivity index (χ4v) is 0.807. The molecule has 5 nitrogen and oxygen atoms in total. The maximum absolute atomic E-state index is 11.2. The lowest BCUT2D eigenvalue weighted by Crippen LogP contribution is -2.36. The van der Waals surface area contributed by atoms with Gasteiger partial charge in [-0.05, 0) is 0 Å². The first-order valence-electron chi connectivity index (χ1n) is 3.68. The minimum Gasteiger partial charge on any atom is -0.466 e. The molecule has 1 rings (SSSR count). The molecule has 0 aromatic carbocycles. The van der Waals surface area contributed by atoms with Crippen LogP contribution in [-0.2, 0) is 23.8 Å². The van der Waals surface area contributed by atoms with Crippen LogP contribution in [0.4, 0.5) is 0 Å². The second-order valence-corrected chi connectivity index (χ2v) is 2.49. The Balaban J connectivity index is 2.54. The van der Waals surface area contributed by atoms with Crippen molar-refractivity contribution in [1.29, 1.82) is 0 Å². The van der Waals surface area contributed by atoms with Crippen molar-refractivity contribution in [3.05, 3.63) is 12.7 Å². The van der Waals surface area contributed by atoms with E-state index < -0.39 is 17.5 Å². The van der Waals surface area contributed by atoms with Crippen molar-refractivity contribution in [1.82, 2.24) is 0 Å². The number of carbonyl (C=O) groups excluding carboxylic acids is 2. The zero-order valence-electron chi connectivity index (χ0n) is 7.24. The van der Waals surface area contributed by atoms with E-state index in [1.54, 1.807) is 0 Å². The molecule has 0 bridgehead atoms. The Hall–Kier alpha value is -1.36. The third-order valence-corrected chi connectivity index (χ3v) is 1.61. The maximum atomic E-state index is 11.2. The van der Waals surface area contributed by atoms with Gasteiger partial charge in [0.05, 0.1) is 7.11 Å². The number of methoxy groups -OCH3 is 1. The predicted octanol–water partition coefficient (Wildman–Crippen LogP) is -0.342. The maximum Gasteiger partial charge on any atom is 0.353 e. The molecule has 72 valence electrons. The minimum absolute atomic E-state index is 0.0235. The van der Waals surface area contributed by atoms with E-state index in [9.17, 15) is 9.59 Å². The quantitative estimate of drug-likeness (QED) is 0.260. The lowest BCUT2D eigenvalue weighted by atomic mass is 10.2. The highest BCUT2D eigenvalue weighted by molar-refractivity contribution is 6.06. The molecule has 0 N–H and O–H groups in total. The number of hydrogen-bond acceptors (Lipinski definition) is 5. The highest BCUT2D eigenvalue weighted by Crippen LogP contribution is 2.29. The van der Waals surface area contributed by atoms with Gasteiger partial charge in [-0.3, -0.25) is 0 Å². The molecule has 1 saturated heterocycles. The molecule has 0 saturated carbocycles. The van der Waals surface area contributed by atoms with E-state index in [4.69, 9.17) is 4.74 Å². The second-order valence-electron chi connectivity index (χ2n) is 2.49. The lowest BCUT2D eigenvalue weighted by Gasteiger charge is -2.07. The van der Waals surface area contributed by atoms with E-state index >= 15 is 0 Å². The van der Waals surface area contributed by atoms with Gasteiger partial charge in [0.2, 0.25) is 0 Å². The third-order valence-electron chi connectivity index (χ3n) is 1.61. The number of epoxide rings is 1. The predicted molar refractivity (Wildman–Crippen MR) is 41.9 cm³/mol. The Kier molecular flexibility index (Phi) is 2.67. The molecule has 1 fully saturated rings. The summed E-state index contributed by atoms with van der Waals surface area (Å²) in [6, 6.07) is 0. The molecule has 1 aliphatic heterocycles. The van der Waals surface area contributed by atoms with Crippen LogP contribution in [0.15, 0.2) is 12.7 Å². The van der Waals surface area contributed by atoms with Crippen molar-refractivity contribution in [2.45, 2.75) is 5.60 Å². The SMILES string of the molecule is C=CCOC(=O)C1(C(=O)OC)CO1. The summed E-state index contributed by atoms with van der Waals surface area (Å²) in [5, 5.41) is 0. The standard InChI is InChI=1S/C8H10O5/c1-3-4-12-7(10)8(5-13-8)6(9)11-2/h3H,1,4-5H2,2H3. The average molecular weight is 186 g/mol. The first kappa shape index (κ1) is 9.73. The summed E-state index contributed by atoms with van der Waals surface area (Å²) in [4.78, 5) is 22.2. The molecular formula is C8H10O5. The van der Waals surface area contributed by atoms with Crippen LogP contribution in [0.1, 0.15) is 0 Å². The van der Waals surface area contributed by atoms with Crippen molar-refractivity contribution in [3.8, 4) is 0 Å². The van der Waals surface area contributed by atoms with Gasteiger partial charge in [0, 0.05) is 0 Å². The lowest BCUT2D eigenvalue weighted by molar-refractivity contribution is -0.161. The van der Waals surface area contributed by atoms with Gasteiger partial charge in [-0.25, -0.2) is 9.59 Å². The van der Waals surface area contributed by atoms with Crippen molar-refractivity contribution in [3.63, 3.8) is 0 Å². The van der Waals surface area contributed by atoms with Gasteiger partial charge in [0.15, 0.2) is 0 Å². The Bertz CT molecular complexity index is 241. The topological polar surface area (TPSA) is 65.1 Å². The second kappa shape index (κ2) is 3.57. The van der Waals surface area contributed by atoms with Crippen LogP contribution >= 0.6 is 0 Å². The number of carbonyl (C=O) groups is 2. The highest BCUT2D eigenvalue weighted by atomic mass is 16.7. The normalized spacial score (nSPS) is 24.7. The Labute approximate surface area is 75.3 Å². The fourth-order valence-electron chi connectivity index (χ4n) is 0.807. The fraction of sp³-hybridized carbons (Fsp3) is 0.500. The van der Waals surface area contributed by atoms with E-state index in [2.05, 4.69) is 16.1 Å². The van der Waals surface area contributed by atoms with Gasteiger partial charge < -0.3 is 14.2 Å². The van der Waals surface area contributed by atoms with E-state index in [-0.39, 0.29) is 13.2 Å². The van der Waals surface area contributed by atoms with Crippen molar-refractivity contribution >= 4 is 11.9 Å². The molecule has 0 aromatic heterocycles. The minimum atomic E-state index is -1.50. The van der Waals surface area contributed by atoms with Crippen LogP contribution in [-0.4, -0.2) is 37.9 Å². The molecule has 0 spiro atoms. The summed E-state index contributed by atoms with van der Waals surface area (Å²) in [6.07, 6.45) is 1.41. The van der Waals surface area contributed by atoms with Gasteiger partial charge in [0.25, 0.3) is 5.60 Å². The van der Waals surface area contributed by atoms with Crippen LogP contribution in [0.25, 0.3) is 0 Å².